The molecule has 17 heteroatoms. The molecular formula is C58H59N5O12. The van der Waals surface area contributed by atoms with E-state index in [0.717, 1.165) is 16.0 Å². The van der Waals surface area contributed by atoms with E-state index in [9.17, 15) is 15.0 Å². The molecule has 7 atom stereocenters. The number of aliphatic hydroxyl groups is 2. The molecule has 0 radical (unpaired) electrons. The van der Waals surface area contributed by atoms with Crippen molar-refractivity contribution in [1.29, 1.82) is 0 Å². The quantitative estimate of drug-likeness (QED) is 0.0997. The summed E-state index contributed by atoms with van der Waals surface area (Å²) < 4.78 is 29.0. The molecule has 3 N–H and O–H groups in total. The Kier molecular flexibility index (Phi) is 14.6. The van der Waals surface area contributed by atoms with E-state index < -0.39 is 77.3 Å². The highest BCUT2D eigenvalue weighted by Gasteiger charge is 2.76. The highest BCUT2D eigenvalue weighted by Crippen LogP contribution is 2.66. The van der Waals surface area contributed by atoms with Crippen molar-refractivity contribution in [3.63, 3.8) is 0 Å². The van der Waals surface area contributed by atoms with Crippen LogP contribution in [0.4, 0.5) is 10.5 Å². The van der Waals surface area contributed by atoms with E-state index >= 15 is 19.2 Å². The number of imide groups is 1. The van der Waals surface area contributed by atoms with E-state index in [-0.39, 0.29) is 57.4 Å². The third-order valence-electron chi connectivity index (χ3n) is 14.9. The smallest absolute Gasteiger partial charge is 0.329 e. The van der Waals surface area contributed by atoms with Crippen molar-refractivity contribution in [3.8, 4) is 29.1 Å². The number of nitrogens with zero attached hydrogens (tertiary/aromatic N) is 4. The topological polar surface area (TPSA) is 197 Å². The molecule has 3 saturated heterocycles. The molecule has 5 aromatic rings. The van der Waals surface area contributed by atoms with Crippen LogP contribution in [0.2, 0.25) is 0 Å². The Balaban J connectivity index is 1.20. The minimum Gasteiger partial charge on any atom is -0.491 e. The summed E-state index contributed by atoms with van der Waals surface area (Å²) in [6, 6.07) is 30.9. The van der Waals surface area contributed by atoms with Gasteiger partial charge in [-0.15, -0.1) is 0 Å². The van der Waals surface area contributed by atoms with Gasteiger partial charge in [0, 0.05) is 44.7 Å². The Labute approximate surface area is 434 Å². The van der Waals surface area contributed by atoms with Gasteiger partial charge in [0.1, 0.15) is 36.0 Å². The van der Waals surface area contributed by atoms with Crippen LogP contribution in [0.25, 0.3) is 0 Å². The summed E-state index contributed by atoms with van der Waals surface area (Å²) in [5, 5.41) is 22.4. The molecule has 75 heavy (non-hydrogen) atoms. The number of esters is 2. The second kappa shape index (κ2) is 21.6. The number of fused-ring (bicyclic) bond motifs is 4. The number of anilines is 1. The van der Waals surface area contributed by atoms with Crippen LogP contribution in [0.3, 0.4) is 0 Å². The van der Waals surface area contributed by atoms with Gasteiger partial charge < -0.3 is 44.1 Å². The van der Waals surface area contributed by atoms with Crippen molar-refractivity contribution in [2.45, 2.75) is 62.5 Å². The van der Waals surface area contributed by atoms with Gasteiger partial charge in [-0.3, -0.25) is 24.2 Å². The average Bonchev–Trinajstić information content (AvgIpc) is 4.20. The maximum absolute atomic E-state index is 16.8. The lowest BCUT2D eigenvalue weighted by molar-refractivity contribution is -0.179. The van der Waals surface area contributed by atoms with Crippen molar-refractivity contribution < 1.29 is 57.9 Å². The van der Waals surface area contributed by atoms with Crippen molar-refractivity contribution >= 4 is 35.5 Å². The zero-order valence-corrected chi connectivity index (χ0v) is 41.9. The van der Waals surface area contributed by atoms with Crippen LogP contribution >= 0.6 is 0 Å². The zero-order valence-electron chi connectivity index (χ0n) is 41.9. The summed E-state index contributed by atoms with van der Waals surface area (Å²) in [7, 11) is 1.21. The van der Waals surface area contributed by atoms with E-state index in [1.54, 1.807) is 55.1 Å². The summed E-state index contributed by atoms with van der Waals surface area (Å²) in [6.07, 6.45) is -0.816. The van der Waals surface area contributed by atoms with Crippen molar-refractivity contribution in [2.75, 3.05) is 64.8 Å². The Morgan fingerprint density at radius 1 is 0.800 bits per heavy atom. The summed E-state index contributed by atoms with van der Waals surface area (Å²) in [6.45, 7) is 5.00. The minimum absolute atomic E-state index is 0.0504. The van der Waals surface area contributed by atoms with E-state index in [1.165, 1.54) is 7.11 Å². The Hall–Kier alpha value is -7.75. The Bertz CT molecular complexity index is 3030. The highest BCUT2D eigenvalue weighted by atomic mass is 16.7. The number of amides is 4. The van der Waals surface area contributed by atoms with Crippen LogP contribution in [-0.4, -0.2) is 127 Å². The van der Waals surface area contributed by atoms with Gasteiger partial charge in [0.2, 0.25) is 18.6 Å². The number of nitrogens with one attached hydrogen (secondary N) is 1. The molecule has 1 spiro atoms. The zero-order chi connectivity index (χ0) is 52.4. The molecule has 0 bridgehead atoms. The van der Waals surface area contributed by atoms with Gasteiger partial charge in [0.25, 0.3) is 0 Å². The summed E-state index contributed by atoms with van der Waals surface area (Å²) >= 11 is 0. The lowest BCUT2D eigenvalue weighted by Gasteiger charge is -2.46. The Morgan fingerprint density at radius 2 is 1.52 bits per heavy atom. The maximum Gasteiger partial charge on any atom is 0.329 e. The van der Waals surface area contributed by atoms with Gasteiger partial charge in [-0.2, -0.15) is 0 Å². The molecule has 3 fully saturated rings. The fraction of sp³-hybridized carbons (Fsp3) is 0.362. The third kappa shape index (κ3) is 9.33. The van der Waals surface area contributed by atoms with Gasteiger partial charge in [-0.1, -0.05) is 105 Å². The fourth-order valence-electron chi connectivity index (χ4n) is 11.6. The van der Waals surface area contributed by atoms with Crippen molar-refractivity contribution in [1.82, 2.24) is 20.0 Å². The molecule has 10 rings (SSSR count). The number of rotatable bonds is 13. The lowest BCUT2D eigenvalue weighted by atomic mass is 9.64. The van der Waals surface area contributed by atoms with E-state index in [4.69, 9.17) is 23.7 Å². The number of morpholine rings is 1. The molecule has 5 heterocycles. The normalized spacial score (nSPS) is 23.3. The second-order valence-corrected chi connectivity index (χ2v) is 19.5. The third-order valence-corrected chi connectivity index (χ3v) is 14.9. The summed E-state index contributed by atoms with van der Waals surface area (Å²) in [5.41, 5.74) is 1.53. The first-order valence-electron chi connectivity index (χ1n) is 25.3. The van der Waals surface area contributed by atoms with E-state index in [1.807, 2.05) is 89.8 Å². The number of benzene rings is 5. The predicted octanol–water partition coefficient (Wildman–Crippen LogP) is 5.44. The van der Waals surface area contributed by atoms with Gasteiger partial charge >= 0.3 is 18.0 Å². The number of carbonyl (C=O) groups excluding carboxylic acids is 5. The number of cyclic esters (lactones) is 1. The molecule has 4 amide bonds. The molecule has 0 aliphatic carbocycles. The number of aliphatic hydroxyl groups excluding tert-OH is 2. The van der Waals surface area contributed by atoms with Crippen LogP contribution in [0, 0.1) is 23.7 Å². The minimum atomic E-state index is -2.11. The fourth-order valence-corrected chi connectivity index (χ4v) is 11.6. The van der Waals surface area contributed by atoms with Gasteiger partial charge in [-0.05, 0) is 76.2 Å². The Morgan fingerprint density at radius 3 is 2.23 bits per heavy atom. The highest BCUT2D eigenvalue weighted by molar-refractivity contribution is 6.25. The number of ether oxygens (including phenoxy) is 5. The van der Waals surface area contributed by atoms with Gasteiger partial charge in [-0.25, -0.2) is 14.5 Å². The number of carbonyl (C=O) groups is 5. The standard InChI is InChI=1S/C58H59N5O12/c1-36(2)48(54(67)71-3)59-57(70)62-44-22-20-37(13-10-11-28-64)31-43(44)58(56(62)69)47(53(66)61-26-24-60(25-27-61)34-38-21-23-45-46(32-38)74-35-73-45)50-55(68)75-51(40-16-8-5-9-17-40)49(39-14-6-4-7-15-39)63(50)52(58)41-18-12-19-42(33-41)72-30-29-65/h4-9,12,14-23,31-33,36,47-52,64-65H,11,24-30,34-35H2,1-3H3,(H,59,70). The second-order valence-electron chi connectivity index (χ2n) is 19.5. The van der Waals surface area contributed by atoms with E-state index in [2.05, 4.69) is 22.1 Å². The number of urea groups is 1. The van der Waals surface area contributed by atoms with Gasteiger partial charge in [0.05, 0.1) is 44.0 Å². The number of methoxy groups -OCH3 is 1. The number of hydrogen-bond donors (Lipinski definition) is 3. The summed E-state index contributed by atoms with van der Waals surface area (Å²) in [4.78, 5) is 84.3. The SMILES string of the molecule is COC(=O)C(NC(=O)N1C(=O)C2(c3cc(C#CCCO)ccc31)C(C(=O)N1CCN(Cc3ccc4c(c3)OCO4)CC1)C1C(=O)OC(c3ccccc3)C(c3ccccc3)N1C2c1cccc(OCCO)c1)C(C)C. The molecule has 5 aliphatic heterocycles. The van der Waals surface area contributed by atoms with Crippen LogP contribution in [0.1, 0.15) is 71.8 Å². The number of hydrogen-bond acceptors (Lipinski definition) is 14. The van der Waals surface area contributed by atoms with Crippen LogP contribution in [0.5, 0.6) is 17.2 Å². The molecule has 0 saturated carbocycles. The maximum atomic E-state index is 16.8. The summed E-state index contributed by atoms with van der Waals surface area (Å²) in [5.74, 6) is 2.96. The predicted molar refractivity (Wildman–Crippen MR) is 273 cm³/mol. The van der Waals surface area contributed by atoms with Crippen LogP contribution in [0.15, 0.2) is 121 Å². The first-order chi connectivity index (χ1) is 36.5. The van der Waals surface area contributed by atoms with Crippen molar-refractivity contribution in [2.24, 2.45) is 11.8 Å². The van der Waals surface area contributed by atoms with Crippen LogP contribution < -0.4 is 24.4 Å². The molecule has 388 valence electrons. The monoisotopic (exact) mass is 1020 g/mol. The molecule has 5 aliphatic rings. The average molecular weight is 1020 g/mol. The molecule has 17 nitrogen and oxygen atoms in total. The molecular weight excluding hydrogens is 959 g/mol. The van der Waals surface area contributed by atoms with Crippen molar-refractivity contribution in [3.05, 3.63) is 155 Å². The van der Waals surface area contributed by atoms with Crippen LogP contribution in [-0.2, 0) is 40.6 Å². The lowest BCUT2D eigenvalue weighted by Crippen LogP contribution is -2.59. The molecule has 5 aromatic carbocycles. The molecule has 0 aromatic heterocycles. The largest absolute Gasteiger partial charge is 0.491 e. The first-order valence-corrected chi connectivity index (χ1v) is 25.3. The number of piperazine rings is 1. The first kappa shape index (κ1) is 50.8. The molecule has 7 unspecified atom stereocenters. The van der Waals surface area contributed by atoms with Gasteiger partial charge in [0.15, 0.2) is 11.5 Å². The van der Waals surface area contributed by atoms with E-state index in [0.29, 0.717) is 53.6 Å².